The third kappa shape index (κ3) is 1.98. The molecule has 0 bridgehead atoms. The highest BCUT2D eigenvalue weighted by molar-refractivity contribution is 5.90. The fourth-order valence-electron chi connectivity index (χ4n) is 2.72. The molecule has 3 aromatic rings. The zero-order valence-corrected chi connectivity index (χ0v) is 11.4. The first kappa shape index (κ1) is 12.1. The van der Waals surface area contributed by atoms with Gasteiger partial charge < -0.3 is 9.47 Å². The molecular formula is C14H15N7. The van der Waals surface area contributed by atoms with Gasteiger partial charge in [0.05, 0.1) is 12.1 Å². The number of nitrogens with two attached hydrogens (primary N) is 1. The van der Waals surface area contributed by atoms with Gasteiger partial charge in [0.25, 0.3) is 0 Å². The molecule has 3 heterocycles. The Morgan fingerprint density at radius 2 is 2.05 bits per heavy atom. The molecule has 0 amide bonds. The van der Waals surface area contributed by atoms with E-state index in [4.69, 9.17) is 5.84 Å². The lowest BCUT2D eigenvalue weighted by atomic mass is 10.2. The molecule has 1 aliphatic rings. The number of nitrogen functional groups attached to an aromatic ring is 1. The van der Waals surface area contributed by atoms with E-state index in [1.54, 1.807) is 0 Å². The van der Waals surface area contributed by atoms with Gasteiger partial charge in [-0.15, -0.1) is 0 Å². The van der Waals surface area contributed by atoms with Gasteiger partial charge in [0.15, 0.2) is 0 Å². The van der Waals surface area contributed by atoms with E-state index < -0.39 is 0 Å². The molecule has 0 unspecified atom stereocenters. The lowest BCUT2D eigenvalue weighted by Crippen LogP contribution is -2.34. The lowest BCUT2D eigenvalue weighted by molar-refractivity contribution is 0.557. The van der Waals surface area contributed by atoms with Gasteiger partial charge in [-0.2, -0.15) is 4.98 Å². The summed E-state index contributed by atoms with van der Waals surface area (Å²) in [6, 6.07) is 7.95. The molecule has 0 atom stereocenters. The van der Waals surface area contributed by atoms with Gasteiger partial charge in [0.1, 0.15) is 11.6 Å². The fraction of sp³-hybridized carbons (Fsp3) is 0.214. The molecule has 0 radical (unpaired) electrons. The van der Waals surface area contributed by atoms with Crippen molar-refractivity contribution in [1.29, 1.82) is 0 Å². The first-order valence-corrected chi connectivity index (χ1v) is 6.83. The number of benzene rings is 1. The maximum Gasteiger partial charge on any atom is 0.239 e. The van der Waals surface area contributed by atoms with Crippen molar-refractivity contribution >= 4 is 22.7 Å². The number of rotatable bonds is 2. The van der Waals surface area contributed by atoms with Crippen molar-refractivity contribution < 1.29 is 0 Å². The van der Waals surface area contributed by atoms with Crippen LogP contribution in [0, 0.1) is 0 Å². The van der Waals surface area contributed by atoms with Crippen LogP contribution in [-0.2, 0) is 13.1 Å². The smallest absolute Gasteiger partial charge is 0.239 e. The summed E-state index contributed by atoms with van der Waals surface area (Å²) in [5.41, 5.74) is 3.42. The Bertz CT molecular complexity index is 795. The number of aromatic nitrogens is 4. The molecule has 7 heteroatoms. The molecule has 0 saturated carbocycles. The molecule has 21 heavy (non-hydrogen) atoms. The molecule has 0 saturated heterocycles. The average molecular weight is 281 g/mol. The van der Waals surface area contributed by atoms with Crippen LogP contribution in [0.3, 0.4) is 0 Å². The number of imidazole rings is 1. The number of fused-ring (bicyclic) bond motifs is 2. The molecule has 106 valence electrons. The molecule has 0 spiro atoms. The Balaban J connectivity index is 1.83. The summed E-state index contributed by atoms with van der Waals surface area (Å²) >= 11 is 0. The van der Waals surface area contributed by atoms with Gasteiger partial charge in [-0.3, -0.25) is 5.43 Å². The molecule has 7 nitrogen and oxygen atoms in total. The minimum Gasteiger partial charge on any atom is -0.347 e. The van der Waals surface area contributed by atoms with Gasteiger partial charge in [-0.05, 0) is 12.1 Å². The van der Waals surface area contributed by atoms with Crippen molar-refractivity contribution in [2.24, 2.45) is 5.84 Å². The van der Waals surface area contributed by atoms with Crippen molar-refractivity contribution in [2.75, 3.05) is 16.9 Å². The van der Waals surface area contributed by atoms with Crippen molar-refractivity contribution in [1.82, 2.24) is 19.5 Å². The predicted molar refractivity (Wildman–Crippen MR) is 80.6 cm³/mol. The molecule has 4 rings (SSSR count). The number of hydrazine groups is 1. The number of nitrogens with zero attached hydrogens (tertiary/aromatic N) is 5. The number of anilines is 2. The van der Waals surface area contributed by atoms with Gasteiger partial charge in [-0.1, -0.05) is 12.1 Å². The second-order valence-electron chi connectivity index (χ2n) is 4.99. The molecular weight excluding hydrogens is 266 g/mol. The predicted octanol–water partition coefficient (Wildman–Crippen LogP) is 1.13. The summed E-state index contributed by atoms with van der Waals surface area (Å²) in [6.07, 6.45) is 3.85. The summed E-state index contributed by atoms with van der Waals surface area (Å²) in [6.45, 7) is 2.52. The van der Waals surface area contributed by atoms with E-state index in [1.165, 1.54) is 0 Å². The maximum absolute atomic E-state index is 5.49. The quantitative estimate of drug-likeness (QED) is 0.541. The molecule has 0 aliphatic carbocycles. The Hall–Kier alpha value is -2.67. The normalized spacial score (nSPS) is 14.2. The number of nitrogens with one attached hydrogen (secondary N) is 1. The first-order chi connectivity index (χ1) is 10.3. The lowest BCUT2D eigenvalue weighted by Gasteiger charge is -2.29. The molecule has 1 aromatic carbocycles. The van der Waals surface area contributed by atoms with Crippen LogP contribution >= 0.6 is 0 Å². The van der Waals surface area contributed by atoms with Gasteiger partial charge >= 0.3 is 0 Å². The standard InChI is InChI=1S/C14H15N7/c15-19-14-17-11-4-2-1-3-10(11)13(18-14)21-8-7-20-6-5-16-12(20)9-21/h1-6H,7-9,15H2,(H,17,18,19). The highest BCUT2D eigenvalue weighted by atomic mass is 15.3. The van der Waals surface area contributed by atoms with Crippen molar-refractivity contribution in [3.8, 4) is 0 Å². The monoisotopic (exact) mass is 281 g/mol. The maximum atomic E-state index is 5.49. The van der Waals surface area contributed by atoms with Crippen molar-refractivity contribution in [3.05, 3.63) is 42.5 Å². The average Bonchev–Trinajstić information content (AvgIpc) is 3.01. The van der Waals surface area contributed by atoms with E-state index in [-0.39, 0.29) is 0 Å². The van der Waals surface area contributed by atoms with Crippen LogP contribution in [0.25, 0.3) is 10.9 Å². The Kier molecular flexibility index (Phi) is 2.71. The summed E-state index contributed by atoms with van der Waals surface area (Å²) in [4.78, 5) is 15.5. The van der Waals surface area contributed by atoms with Crippen LogP contribution in [0.15, 0.2) is 36.7 Å². The van der Waals surface area contributed by atoms with E-state index in [2.05, 4.69) is 29.8 Å². The van der Waals surface area contributed by atoms with E-state index in [1.807, 2.05) is 36.7 Å². The van der Waals surface area contributed by atoms with Crippen LogP contribution in [-0.4, -0.2) is 26.1 Å². The Morgan fingerprint density at radius 3 is 2.95 bits per heavy atom. The van der Waals surface area contributed by atoms with Crippen LogP contribution in [0.1, 0.15) is 5.82 Å². The highest BCUT2D eigenvalue weighted by Gasteiger charge is 2.20. The van der Waals surface area contributed by atoms with Gasteiger partial charge in [0, 0.05) is 30.9 Å². The van der Waals surface area contributed by atoms with Crippen LogP contribution in [0.5, 0.6) is 0 Å². The largest absolute Gasteiger partial charge is 0.347 e. The van der Waals surface area contributed by atoms with Crippen molar-refractivity contribution in [3.63, 3.8) is 0 Å². The third-order valence-electron chi connectivity index (χ3n) is 3.76. The number of hydrogen-bond acceptors (Lipinski definition) is 6. The molecule has 3 N–H and O–H groups in total. The fourth-order valence-corrected chi connectivity index (χ4v) is 2.72. The summed E-state index contributed by atoms with van der Waals surface area (Å²) in [7, 11) is 0. The zero-order valence-electron chi connectivity index (χ0n) is 11.4. The second-order valence-corrected chi connectivity index (χ2v) is 4.99. The second kappa shape index (κ2) is 4.71. The Labute approximate surface area is 121 Å². The Morgan fingerprint density at radius 1 is 1.14 bits per heavy atom. The molecule has 1 aliphatic heterocycles. The van der Waals surface area contributed by atoms with E-state index in [0.29, 0.717) is 5.95 Å². The highest BCUT2D eigenvalue weighted by Crippen LogP contribution is 2.27. The van der Waals surface area contributed by atoms with E-state index in [0.717, 1.165) is 42.2 Å². The van der Waals surface area contributed by atoms with Crippen LogP contribution in [0.2, 0.25) is 0 Å². The van der Waals surface area contributed by atoms with Gasteiger partial charge in [-0.25, -0.2) is 15.8 Å². The summed E-state index contributed by atoms with van der Waals surface area (Å²) in [5, 5.41) is 1.02. The first-order valence-electron chi connectivity index (χ1n) is 6.83. The van der Waals surface area contributed by atoms with Crippen LogP contribution < -0.4 is 16.2 Å². The van der Waals surface area contributed by atoms with E-state index >= 15 is 0 Å². The van der Waals surface area contributed by atoms with Crippen molar-refractivity contribution in [2.45, 2.75) is 13.1 Å². The molecule has 0 fully saturated rings. The SMILES string of the molecule is NNc1nc(N2CCn3ccnc3C2)c2ccccc2n1. The molecule has 2 aromatic heterocycles. The van der Waals surface area contributed by atoms with Crippen LogP contribution in [0.4, 0.5) is 11.8 Å². The zero-order chi connectivity index (χ0) is 14.2. The topological polar surface area (TPSA) is 84.9 Å². The minimum absolute atomic E-state index is 0.428. The minimum atomic E-state index is 0.428. The number of para-hydroxylation sites is 1. The number of hydrogen-bond donors (Lipinski definition) is 2. The summed E-state index contributed by atoms with van der Waals surface area (Å²) in [5.74, 6) is 7.86. The van der Waals surface area contributed by atoms with E-state index in [9.17, 15) is 0 Å². The summed E-state index contributed by atoms with van der Waals surface area (Å²) < 4.78 is 2.17. The third-order valence-corrected chi connectivity index (χ3v) is 3.76. The van der Waals surface area contributed by atoms with Gasteiger partial charge in [0.2, 0.25) is 5.95 Å².